The van der Waals surface area contributed by atoms with Gasteiger partial charge in [-0.15, -0.1) is 0 Å². The molecule has 0 unspecified atom stereocenters. The molecule has 0 atom stereocenters. The fraction of sp³-hybridized carbons (Fsp3) is 0.111. The first-order valence-corrected chi connectivity index (χ1v) is 8.53. The van der Waals surface area contributed by atoms with Gasteiger partial charge in [0.2, 0.25) is 5.91 Å². The van der Waals surface area contributed by atoms with Crippen LogP contribution in [0.25, 0.3) is 10.9 Å². The lowest BCUT2D eigenvalue weighted by atomic mass is 10.2. The minimum Gasteiger partial charge on any atom is -0.325 e. The van der Waals surface area contributed by atoms with Crippen LogP contribution in [-0.4, -0.2) is 16.6 Å². The molecule has 0 saturated heterocycles. The Hall–Kier alpha value is -2.04. The summed E-state index contributed by atoms with van der Waals surface area (Å²) in [6.45, 7) is 1.88. The summed E-state index contributed by atoms with van der Waals surface area (Å²) in [5.74, 6) is 0.229. The fourth-order valence-electron chi connectivity index (χ4n) is 2.20. The predicted molar refractivity (Wildman–Crippen MR) is 97.3 cm³/mol. The zero-order valence-electron chi connectivity index (χ0n) is 12.5. The lowest BCUT2D eigenvalue weighted by Crippen LogP contribution is -2.15. The maximum Gasteiger partial charge on any atom is 0.234 e. The predicted octanol–water partition coefficient (Wildman–Crippen LogP) is 4.93. The summed E-state index contributed by atoms with van der Waals surface area (Å²) in [5.41, 5.74) is 2.55. The number of carbonyl (C=O) groups excluding carboxylic acids is 1. The molecule has 0 aliphatic rings. The number of para-hydroxylation sites is 1. The zero-order valence-corrected chi connectivity index (χ0v) is 14.1. The monoisotopic (exact) mass is 342 g/mol. The Bertz CT molecular complexity index is 867. The number of hydrogen-bond donors (Lipinski definition) is 1. The largest absolute Gasteiger partial charge is 0.325 e. The van der Waals surface area contributed by atoms with Crippen LogP contribution >= 0.6 is 23.4 Å². The first-order valence-electron chi connectivity index (χ1n) is 7.17. The number of nitrogens with zero attached hydrogens (tertiary/aromatic N) is 1. The Kier molecular flexibility index (Phi) is 4.84. The quantitative estimate of drug-likeness (QED) is 0.684. The Morgan fingerprint density at radius 3 is 2.83 bits per heavy atom. The number of carbonyl (C=O) groups is 1. The summed E-state index contributed by atoms with van der Waals surface area (Å²) in [5, 5.41) is 5.46. The number of halogens is 1. The highest BCUT2D eigenvalue weighted by Gasteiger charge is 2.08. The van der Waals surface area contributed by atoms with Crippen molar-refractivity contribution < 1.29 is 4.79 Å². The first-order chi connectivity index (χ1) is 11.1. The van der Waals surface area contributed by atoms with Gasteiger partial charge in [0, 0.05) is 16.1 Å². The molecular weight excluding hydrogens is 328 g/mol. The van der Waals surface area contributed by atoms with Crippen molar-refractivity contribution in [1.29, 1.82) is 0 Å². The van der Waals surface area contributed by atoms with Crippen LogP contribution in [0.3, 0.4) is 0 Å². The Morgan fingerprint density at radius 2 is 1.96 bits per heavy atom. The molecule has 3 aromatic rings. The van der Waals surface area contributed by atoms with Gasteiger partial charge in [-0.3, -0.25) is 4.79 Å². The molecule has 23 heavy (non-hydrogen) atoms. The Labute approximate surface area is 144 Å². The van der Waals surface area contributed by atoms with Gasteiger partial charge < -0.3 is 5.32 Å². The third-order valence-corrected chi connectivity index (χ3v) is 4.80. The van der Waals surface area contributed by atoms with Crippen LogP contribution in [0.4, 0.5) is 5.69 Å². The van der Waals surface area contributed by atoms with E-state index in [9.17, 15) is 4.79 Å². The maximum atomic E-state index is 12.1. The van der Waals surface area contributed by atoms with Crippen molar-refractivity contribution in [1.82, 2.24) is 4.98 Å². The van der Waals surface area contributed by atoms with Crippen LogP contribution in [0.2, 0.25) is 5.02 Å². The van der Waals surface area contributed by atoms with Crippen molar-refractivity contribution in [2.24, 2.45) is 0 Å². The zero-order chi connectivity index (χ0) is 16.2. The fourth-order valence-corrected chi connectivity index (χ4v) is 3.05. The van der Waals surface area contributed by atoms with Crippen LogP contribution in [-0.2, 0) is 4.79 Å². The normalized spacial score (nSPS) is 10.7. The molecular formula is C18H15ClN2OS. The molecule has 0 radical (unpaired) electrons. The minimum atomic E-state index is -0.0738. The SMILES string of the molecule is Cc1c(Cl)cccc1NC(=O)CSc1ccc2ccccc2n1. The molecule has 0 bridgehead atoms. The molecule has 2 aromatic carbocycles. The van der Waals surface area contributed by atoms with Crippen molar-refractivity contribution in [3.8, 4) is 0 Å². The van der Waals surface area contributed by atoms with E-state index in [1.165, 1.54) is 11.8 Å². The Balaban J connectivity index is 1.65. The summed E-state index contributed by atoms with van der Waals surface area (Å²) in [7, 11) is 0. The van der Waals surface area contributed by atoms with Crippen molar-refractivity contribution >= 4 is 45.9 Å². The third-order valence-electron chi connectivity index (χ3n) is 3.47. The van der Waals surface area contributed by atoms with E-state index in [1.807, 2.05) is 55.5 Å². The summed E-state index contributed by atoms with van der Waals surface area (Å²) in [6, 6.07) is 17.4. The number of pyridine rings is 1. The smallest absolute Gasteiger partial charge is 0.234 e. The number of rotatable bonds is 4. The highest BCUT2D eigenvalue weighted by Crippen LogP contribution is 2.24. The number of benzene rings is 2. The summed E-state index contributed by atoms with van der Waals surface area (Å²) >= 11 is 7.48. The number of amides is 1. The van der Waals surface area contributed by atoms with E-state index in [2.05, 4.69) is 10.3 Å². The molecule has 1 N–H and O–H groups in total. The van der Waals surface area contributed by atoms with Gasteiger partial charge in [0.1, 0.15) is 0 Å². The van der Waals surface area contributed by atoms with Gasteiger partial charge in [-0.2, -0.15) is 0 Å². The minimum absolute atomic E-state index is 0.0738. The van der Waals surface area contributed by atoms with Gasteiger partial charge in [0.15, 0.2) is 0 Å². The van der Waals surface area contributed by atoms with Crippen LogP contribution < -0.4 is 5.32 Å². The maximum absolute atomic E-state index is 12.1. The lowest BCUT2D eigenvalue weighted by Gasteiger charge is -2.09. The molecule has 1 heterocycles. The third kappa shape index (κ3) is 3.84. The molecule has 1 amide bonds. The van der Waals surface area contributed by atoms with E-state index < -0.39 is 0 Å². The van der Waals surface area contributed by atoms with Gasteiger partial charge >= 0.3 is 0 Å². The topological polar surface area (TPSA) is 42.0 Å². The van der Waals surface area contributed by atoms with E-state index in [1.54, 1.807) is 6.07 Å². The number of aromatic nitrogens is 1. The van der Waals surface area contributed by atoms with Crippen molar-refractivity contribution in [3.05, 3.63) is 65.2 Å². The number of nitrogens with one attached hydrogen (secondary N) is 1. The van der Waals surface area contributed by atoms with Crippen molar-refractivity contribution in [2.75, 3.05) is 11.1 Å². The number of fused-ring (bicyclic) bond motifs is 1. The number of hydrogen-bond acceptors (Lipinski definition) is 3. The van der Waals surface area contributed by atoms with Crippen LogP contribution in [0.15, 0.2) is 59.6 Å². The second-order valence-electron chi connectivity index (χ2n) is 5.09. The van der Waals surface area contributed by atoms with Gasteiger partial charge in [-0.05, 0) is 36.8 Å². The van der Waals surface area contributed by atoms with Crippen molar-refractivity contribution in [3.63, 3.8) is 0 Å². The molecule has 0 aliphatic carbocycles. The van der Waals surface area contributed by atoms with Gasteiger partial charge in [-0.1, -0.05) is 53.7 Å². The van der Waals surface area contributed by atoms with Crippen LogP contribution in [0.1, 0.15) is 5.56 Å². The van der Waals surface area contributed by atoms with E-state index in [0.29, 0.717) is 10.8 Å². The van der Waals surface area contributed by atoms with E-state index in [0.717, 1.165) is 27.2 Å². The average molecular weight is 343 g/mol. The molecule has 0 fully saturated rings. The van der Waals surface area contributed by atoms with Crippen LogP contribution in [0, 0.1) is 6.92 Å². The van der Waals surface area contributed by atoms with Crippen LogP contribution in [0.5, 0.6) is 0 Å². The highest BCUT2D eigenvalue weighted by atomic mass is 35.5. The number of anilines is 1. The second kappa shape index (κ2) is 7.02. The standard InChI is InChI=1S/C18H15ClN2OS/c1-12-14(19)6-4-8-15(12)20-17(22)11-23-18-10-9-13-5-2-3-7-16(13)21-18/h2-10H,11H2,1H3,(H,20,22). The molecule has 5 heteroatoms. The van der Waals surface area contributed by atoms with Crippen molar-refractivity contribution in [2.45, 2.75) is 11.9 Å². The van der Waals surface area contributed by atoms with Gasteiger partial charge in [-0.25, -0.2) is 4.98 Å². The molecule has 0 saturated carbocycles. The number of thioether (sulfide) groups is 1. The molecule has 0 aliphatic heterocycles. The Morgan fingerprint density at radius 1 is 1.13 bits per heavy atom. The molecule has 116 valence electrons. The van der Waals surface area contributed by atoms with Gasteiger partial charge in [0.05, 0.1) is 16.3 Å². The summed E-state index contributed by atoms with van der Waals surface area (Å²) in [4.78, 5) is 16.7. The summed E-state index contributed by atoms with van der Waals surface area (Å²) < 4.78 is 0. The molecule has 3 rings (SSSR count). The average Bonchev–Trinajstić information content (AvgIpc) is 2.57. The van der Waals surface area contributed by atoms with Gasteiger partial charge in [0.25, 0.3) is 0 Å². The second-order valence-corrected chi connectivity index (χ2v) is 6.49. The van der Waals surface area contributed by atoms with E-state index >= 15 is 0 Å². The lowest BCUT2D eigenvalue weighted by molar-refractivity contribution is -0.113. The molecule has 0 spiro atoms. The first kappa shape index (κ1) is 15.8. The molecule has 3 nitrogen and oxygen atoms in total. The molecule has 1 aromatic heterocycles. The highest BCUT2D eigenvalue weighted by molar-refractivity contribution is 7.99. The summed E-state index contributed by atoms with van der Waals surface area (Å²) in [6.07, 6.45) is 0. The van der Waals surface area contributed by atoms with E-state index in [4.69, 9.17) is 11.6 Å². The van der Waals surface area contributed by atoms with E-state index in [-0.39, 0.29) is 5.91 Å².